The van der Waals surface area contributed by atoms with Gasteiger partial charge in [0.15, 0.2) is 0 Å². The zero-order valence-corrected chi connectivity index (χ0v) is 12.4. The molecule has 0 aliphatic rings. The molecular weight excluding hydrogens is 308 g/mol. The number of carbonyl (C=O) groups excluding carboxylic acids is 2. The predicted octanol–water partition coefficient (Wildman–Crippen LogP) is 1.54. The molecule has 0 saturated heterocycles. The fourth-order valence-electron chi connectivity index (χ4n) is 1.53. The standard InChI is InChI=1S/C15H16O8/c1-9-2-3-10(22-14(20)6-4-12(16)17)8-11(9)23-15(21)7-5-13(18)19/h2-3,8H,4-7H2,1H3,(H,16,17)(H,18,19). The van der Waals surface area contributed by atoms with Gasteiger partial charge in [-0.3, -0.25) is 19.2 Å². The Balaban J connectivity index is 2.67. The lowest BCUT2D eigenvalue weighted by atomic mass is 10.2. The van der Waals surface area contributed by atoms with Crippen LogP contribution in [0.25, 0.3) is 0 Å². The molecule has 8 heteroatoms. The van der Waals surface area contributed by atoms with Gasteiger partial charge in [0.2, 0.25) is 0 Å². The molecule has 1 aromatic carbocycles. The van der Waals surface area contributed by atoms with Crippen LogP contribution in [0.15, 0.2) is 18.2 Å². The van der Waals surface area contributed by atoms with Gasteiger partial charge in [0.25, 0.3) is 0 Å². The molecule has 0 heterocycles. The number of carboxylic acids is 2. The van der Waals surface area contributed by atoms with Gasteiger partial charge in [0.05, 0.1) is 25.7 Å². The number of carboxylic acid groups (broad SMARTS) is 2. The van der Waals surface area contributed by atoms with E-state index in [0.717, 1.165) is 0 Å². The summed E-state index contributed by atoms with van der Waals surface area (Å²) in [6.07, 6.45) is -1.25. The van der Waals surface area contributed by atoms with Crippen molar-refractivity contribution >= 4 is 23.9 Å². The van der Waals surface area contributed by atoms with E-state index in [0.29, 0.717) is 5.56 Å². The normalized spacial score (nSPS) is 9.96. The first kappa shape index (κ1) is 18.1. The van der Waals surface area contributed by atoms with Crippen molar-refractivity contribution in [3.8, 4) is 11.5 Å². The van der Waals surface area contributed by atoms with Crippen LogP contribution in [0.2, 0.25) is 0 Å². The second kappa shape index (κ2) is 8.52. The number of ether oxygens (including phenoxy) is 2. The Bertz CT molecular complexity index is 620. The highest BCUT2D eigenvalue weighted by atomic mass is 16.5. The maximum absolute atomic E-state index is 11.5. The average molecular weight is 324 g/mol. The molecule has 0 amide bonds. The van der Waals surface area contributed by atoms with E-state index in [-0.39, 0.29) is 37.2 Å². The highest BCUT2D eigenvalue weighted by Crippen LogP contribution is 2.25. The van der Waals surface area contributed by atoms with Crippen molar-refractivity contribution in [3.05, 3.63) is 23.8 Å². The topological polar surface area (TPSA) is 127 Å². The molecule has 2 N–H and O–H groups in total. The predicted molar refractivity (Wildman–Crippen MR) is 76.2 cm³/mol. The van der Waals surface area contributed by atoms with Crippen molar-refractivity contribution in [3.63, 3.8) is 0 Å². The maximum atomic E-state index is 11.5. The van der Waals surface area contributed by atoms with Gasteiger partial charge >= 0.3 is 23.9 Å². The summed E-state index contributed by atoms with van der Waals surface area (Å²) in [7, 11) is 0. The zero-order chi connectivity index (χ0) is 17.4. The van der Waals surface area contributed by atoms with Crippen LogP contribution in [0.5, 0.6) is 11.5 Å². The number of aliphatic carboxylic acids is 2. The van der Waals surface area contributed by atoms with Gasteiger partial charge in [-0.05, 0) is 18.6 Å². The second-order valence-corrected chi connectivity index (χ2v) is 4.66. The van der Waals surface area contributed by atoms with E-state index in [2.05, 4.69) is 0 Å². The highest BCUT2D eigenvalue weighted by Gasteiger charge is 2.13. The minimum absolute atomic E-state index is 0.104. The Hall–Kier alpha value is -2.90. The van der Waals surface area contributed by atoms with Crippen molar-refractivity contribution in [2.24, 2.45) is 0 Å². The number of benzene rings is 1. The highest BCUT2D eigenvalue weighted by molar-refractivity contribution is 5.79. The van der Waals surface area contributed by atoms with E-state index < -0.39 is 23.9 Å². The van der Waals surface area contributed by atoms with Crippen LogP contribution in [0.4, 0.5) is 0 Å². The Morgan fingerprint density at radius 1 is 0.870 bits per heavy atom. The molecule has 23 heavy (non-hydrogen) atoms. The van der Waals surface area contributed by atoms with Gasteiger partial charge in [-0.25, -0.2) is 0 Å². The number of carbonyl (C=O) groups is 4. The van der Waals surface area contributed by atoms with E-state index in [4.69, 9.17) is 19.7 Å². The number of rotatable bonds is 8. The average Bonchev–Trinajstić information content (AvgIpc) is 2.46. The van der Waals surface area contributed by atoms with Crippen LogP contribution < -0.4 is 9.47 Å². The first-order valence-corrected chi connectivity index (χ1v) is 6.73. The SMILES string of the molecule is Cc1ccc(OC(=O)CCC(=O)O)cc1OC(=O)CCC(=O)O. The van der Waals surface area contributed by atoms with E-state index >= 15 is 0 Å². The van der Waals surface area contributed by atoms with Crippen LogP contribution >= 0.6 is 0 Å². The third-order valence-electron chi connectivity index (χ3n) is 2.70. The van der Waals surface area contributed by atoms with Crippen LogP contribution in [-0.2, 0) is 19.2 Å². The van der Waals surface area contributed by atoms with Crippen LogP contribution in [0, 0.1) is 6.92 Å². The summed E-state index contributed by atoms with van der Waals surface area (Å²) >= 11 is 0. The maximum Gasteiger partial charge on any atom is 0.311 e. The Labute approximate surface area is 131 Å². The van der Waals surface area contributed by atoms with Crippen molar-refractivity contribution in [2.75, 3.05) is 0 Å². The van der Waals surface area contributed by atoms with Crippen molar-refractivity contribution in [2.45, 2.75) is 32.6 Å². The zero-order valence-electron chi connectivity index (χ0n) is 12.4. The minimum atomic E-state index is -1.11. The van der Waals surface area contributed by atoms with Crippen molar-refractivity contribution in [1.29, 1.82) is 0 Å². The quantitative estimate of drug-likeness (QED) is 0.544. The lowest BCUT2D eigenvalue weighted by Crippen LogP contribution is -2.12. The van der Waals surface area contributed by atoms with Crippen LogP contribution in [0.3, 0.4) is 0 Å². The monoisotopic (exact) mass is 324 g/mol. The molecule has 8 nitrogen and oxygen atoms in total. The molecule has 0 spiro atoms. The summed E-state index contributed by atoms with van der Waals surface area (Å²) in [5.41, 5.74) is 0.596. The van der Waals surface area contributed by atoms with Gasteiger partial charge in [-0.1, -0.05) is 6.07 Å². The first-order valence-electron chi connectivity index (χ1n) is 6.73. The van der Waals surface area contributed by atoms with Gasteiger partial charge in [0, 0.05) is 6.07 Å². The van der Waals surface area contributed by atoms with Crippen molar-refractivity contribution in [1.82, 2.24) is 0 Å². The largest absolute Gasteiger partial charge is 0.481 e. The summed E-state index contributed by atoms with van der Waals surface area (Å²) in [5, 5.41) is 17.0. The lowest BCUT2D eigenvalue weighted by molar-refractivity contribution is -0.142. The summed E-state index contributed by atoms with van der Waals surface area (Å²) in [4.78, 5) is 43.8. The molecule has 0 unspecified atom stereocenters. The molecule has 0 radical (unpaired) electrons. The molecule has 0 bridgehead atoms. The van der Waals surface area contributed by atoms with Gasteiger partial charge < -0.3 is 19.7 Å². The van der Waals surface area contributed by atoms with Gasteiger partial charge in [-0.2, -0.15) is 0 Å². The molecular formula is C15H16O8. The third-order valence-corrected chi connectivity index (χ3v) is 2.70. The second-order valence-electron chi connectivity index (χ2n) is 4.66. The number of aryl methyl sites for hydroxylation is 1. The summed E-state index contributed by atoms with van der Waals surface area (Å²) in [6.45, 7) is 1.66. The third kappa shape index (κ3) is 7.07. The number of hydrogen-bond acceptors (Lipinski definition) is 6. The summed E-state index contributed by atoms with van der Waals surface area (Å²) in [6, 6.07) is 4.34. The summed E-state index contributed by atoms with van der Waals surface area (Å²) < 4.78 is 9.98. The molecule has 0 aromatic heterocycles. The fraction of sp³-hybridized carbons (Fsp3) is 0.333. The van der Waals surface area contributed by atoms with E-state index in [9.17, 15) is 19.2 Å². The molecule has 0 atom stereocenters. The molecule has 0 saturated carbocycles. The van der Waals surface area contributed by atoms with Gasteiger partial charge in [0.1, 0.15) is 11.5 Å². The Morgan fingerprint density at radius 2 is 1.39 bits per heavy atom. The van der Waals surface area contributed by atoms with E-state index in [1.54, 1.807) is 13.0 Å². The fourth-order valence-corrected chi connectivity index (χ4v) is 1.53. The number of hydrogen-bond donors (Lipinski definition) is 2. The smallest absolute Gasteiger partial charge is 0.311 e. The molecule has 0 fully saturated rings. The van der Waals surface area contributed by atoms with Crippen molar-refractivity contribution < 1.29 is 38.9 Å². The Kier molecular flexibility index (Phi) is 6.72. The van der Waals surface area contributed by atoms with E-state index in [1.807, 2.05) is 0 Å². The number of esters is 2. The molecule has 124 valence electrons. The molecule has 1 rings (SSSR count). The molecule has 1 aromatic rings. The van der Waals surface area contributed by atoms with Crippen LogP contribution in [-0.4, -0.2) is 34.1 Å². The molecule has 0 aliphatic heterocycles. The van der Waals surface area contributed by atoms with Crippen LogP contribution in [0.1, 0.15) is 31.2 Å². The minimum Gasteiger partial charge on any atom is -0.481 e. The molecule has 0 aliphatic carbocycles. The first-order chi connectivity index (χ1) is 10.8. The Morgan fingerprint density at radius 3 is 1.91 bits per heavy atom. The lowest BCUT2D eigenvalue weighted by Gasteiger charge is -2.09. The van der Waals surface area contributed by atoms with E-state index in [1.165, 1.54) is 12.1 Å². The summed E-state index contributed by atoms with van der Waals surface area (Å²) in [5.74, 6) is -3.42. The van der Waals surface area contributed by atoms with Gasteiger partial charge in [-0.15, -0.1) is 0 Å².